The van der Waals surface area contributed by atoms with Crippen LogP contribution in [0.5, 0.6) is 5.75 Å². The van der Waals surface area contributed by atoms with Crippen molar-refractivity contribution >= 4 is 34.4 Å². The van der Waals surface area contributed by atoms with E-state index < -0.39 is 12.1 Å². The molecule has 35 heavy (non-hydrogen) atoms. The third kappa shape index (κ3) is 5.67. The van der Waals surface area contributed by atoms with Gasteiger partial charge in [0, 0.05) is 54.4 Å². The molecule has 0 spiro atoms. The lowest BCUT2D eigenvalue weighted by Crippen LogP contribution is -2.48. The van der Waals surface area contributed by atoms with Crippen LogP contribution in [0, 0.1) is 6.92 Å². The van der Waals surface area contributed by atoms with E-state index in [1.807, 2.05) is 19.1 Å². The van der Waals surface area contributed by atoms with Crippen LogP contribution >= 0.6 is 11.6 Å². The van der Waals surface area contributed by atoms with E-state index in [0.29, 0.717) is 60.3 Å². The van der Waals surface area contributed by atoms with Crippen LogP contribution in [0.2, 0.25) is 5.02 Å². The van der Waals surface area contributed by atoms with Crippen LogP contribution in [-0.4, -0.2) is 77.5 Å². The number of fused-ring (bicyclic) bond motifs is 1. The maximum atomic E-state index is 13.4. The number of ether oxygens (including phenoxy) is 1. The standard InChI is InChI=1S/C26H30ClN3O5/c1-17(31)16-28-10-12-29(13-11-28)35-25(32)15-22-18(2)30(24-9-8-21(34-3)14-23(22)24)26(33)19-4-6-20(27)7-5-19/h4-9,14,17,31H,10-13,15-16H2,1-3H3. The molecule has 1 saturated heterocycles. The van der Waals surface area contributed by atoms with Crippen molar-refractivity contribution in [1.82, 2.24) is 14.5 Å². The average Bonchev–Trinajstić information content (AvgIpc) is 3.10. The molecule has 0 aliphatic carbocycles. The van der Waals surface area contributed by atoms with Crippen molar-refractivity contribution in [2.75, 3.05) is 39.8 Å². The van der Waals surface area contributed by atoms with Crippen molar-refractivity contribution in [2.24, 2.45) is 0 Å². The van der Waals surface area contributed by atoms with Gasteiger partial charge in [0.05, 0.1) is 25.2 Å². The third-order valence-corrected chi connectivity index (χ3v) is 6.49. The van der Waals surface area contributed by atoms with Crippen LogP contribution in [0.3, 0.4) is 0 Å². The third-order valence-electron chi connectivity index (χ3n) is 6.24. The molecule has 2 heterocycles. The van der Waals surface area contributed by atoms with Crippen LogP contribution in [0.4, 0.5) is 0 Å². The number of carbonyl (C=O) groups is 2. The Morgan fingerprint density at radius 3 is 2.40 bits per heavy atom. The molecule has 1 aromatic heterocycles. The number of hydrogen-bond donors (Lipinski definition) is 1. The van der Waals surface area contributed by atoms with Gasteiger partial charge in [0.15, 0.2) is 0 Å². The highest BCUT2D eigenvalue weighted by atomic mass is 35.5. The lowest BCUT2D eigenvalue weighted by Gasteiger charge is -2.33. The molecular formula is C26H30ClN3O5. The van der Waals surface area contributed by atoms with Crippen molar-refractivity contribution in [3.63, 3.8) is 0 Å². The minimum Gasteiger partial charge on any atom is -0.497 e. The lowest BCUT2D eigenvalue weighted by molar-refractivity contribution is -0.197. The van der Waals surface area contributed by atoms with E-state index in [1.165, 1.54) is 0 Å². The molecule has 1 fully saturated rings. The Kier molecular flexibility index (Phi) is 7.76. The summed E-state index contributed by atoms with van der Waals surface area (Å²) in [5, 5.41) is 12.6. The number of hydrogen-bond acceptors (Lipinski definition) is 7. The number of hydroxylamine groups is 2. The molecule has 1 aliphatic heterocycles. The van der Waals surface area contributed by atoms with Crippen LogP contribution in [0.25, 0.3) is 10.9 Å². The van der Waals surface area contributed by atoms with Gasteiger partial charge >= 0.3 is 5.97 Å². The van der Waals surface area contributed by atoms with Gasteiger partial charge in [0.25, 0.3) is 5.91 Å². The summed E-state index contributed by atoms with van der Waals surface area (Å²) < 4.78 is 7.01. The monoisotopic (exact) mass is 499 g/mol. The fraction of sp³-hybridized carbons (Fsp3) is 0.385. The van der Waals surface area contributed by atoms with Gasteiger partial charge in [-0.2, -0.15) is 0 Å². The van der Waals surface area contributed by atoms with Crippen molar-refractivity contribution in [3.8, 4) is 5.75 Å². The number of benzene rings is 2. The van der Waals surface area contributed by atoms with E-state index in [1.54, 1.807) is 54.0 Å². The minimum absolute atomic E-state index is 0.0181. The number of aliphatic hydroxyl groups excluding tert-OH is 1. The maximum Gasteiger partial charge on any atom is 0.329 e. The summed E-state index contributed by atoms with van der Waals surface area (Å²) in [5.74, 6) is 0.0403. The van der Waals surface area contributed by atoms with Gasteiger partial charge in [-0.25, -0.2) is 4.79 Å². The highest BCUT2D eigenvalue weighted by molar-refractivity contribution is 6.30. The first kappa shape index (κ1) is 25.2. The summed E-state index contributed by atoms with van der Waals surface area (Å²) >= 11 is 5.99. The molecule has 0 radical (unpaired) electrons. The number of piperazine rings is 1. The molecule has 8 nitrogen and oxygen atoms in total. The Morgan fingerprint density at radius 2 is 1.77 bits per heavy atom. The number of halogens is 1. The van der Waals surface area contributed by atoms with Gasteiger partial charge in [0.1, 0.15) is 5.75 Å². The Morgan fingerprint density at radius 1 is 1.09 bits per heavy atom. The smallest absolute Gasteiger partial charge is 0.329 e. The highest BCUT2D eigenvalue weighted by Crippen LogP contribution is 2.31. The van der Waals surface area contributed by atoms with Crippen LogP contribution in [-0.2, 0) is 16.1 Å². The molecule has 3 aromatic rings. The molecule has 0 saturated carbocycles. The van der Waals surface area contributed by atoms with Gasteiger partial charge in [-0.15, -0.1) is 5.06 Å². The van der Waals surface area contributed by atoms with Crippen molar-refractivity contribution in [3.05, 3.63) is 64.3 Å². The summed E-state index contributed by atoms with van der Waals surface area (Å²) in [5.41, 5.74) is 2.58. The topological polar surface area (TPSA) is 84.2 Å². The fourth-order valence-electron chi connectivity index (χ4n) is 4.49. The van der Waals surface area contributed by atoms with Crippen molar-refractivity contribution in [2.45, 2.75) is 26.4 Å². The van der Waals surface area contributed by atoms with Crippen molar-refractivity contribution < 1.29 is 24.3 Å². The average molecular weight is 500 g/mol. The second-order valence-corrected chi connectivity index (χ2v) is 9.25. The first-order valence-corrected chi connectivity index (χ1v) is 12.0. The minimum atomic E-state index is -0.392. The summed E-state index contributed by atoms with van der Waals surface area (Å²) in [6, 6.07) is 12.2. The summed E-state index contributed by atoms with van der Waals surface area (Å²) in [6.07, 6.45) is -0.374. The SMILES string of the molecule is COc1ccc2c(c1)c(CC(=O)ON1CCN(CC(C)O)CC1)c(C)n2C(=O)c1ccc(Cl)cc1. The van der Waals surface area contributed by atoms with E-state index in [0.717, 1.165) is 10.9 Å². The number of aromatic nitrogens is 1. The molecule has 0 bridgehead atoms. The lowest BCUT2D eigenvalue weighted by atomic mass is 10.1. The van der Waals surface area contributed by atoms with E-state index >= 15 is 0 Å². The molecule has 1 atom stereocenters. The molecule has 1 N–H and O–H groups in total. The first-order valence-electron chi connectivity index (χ1n) is 11.6. The highest BCUT2D eigenvalue weighted by Gasteiger charge is 2.25. The zero-order valence-electron chi connectivity index (χ0n) is 20.2. The van der Waals surface area contributed by atoms with Gasteiger partial charge in [-0.3, -0.25) is 14.3 Å². The predicted molar refractivity (Wildman–Crippen MR) is 134 cm³/mol. The number of nitrogens with zero attached hydrogens (tertiary/aromatic N) is 3. The molecule has 186 valence electrons. The largest absolute Gasteiger partial charge is 0.497 e. The van der Waals surface area contributed by atoms with Crippen LogP contribution in [0.15, 0.2) is 42.5 Å². The summed E-state index contributed by atoms with van der Waals surface area (Å²) in [6.45, 7) is 6.76. The van der Waals surface area contributed by atoms with Gasteiger partial charge in [-0.05, 0) is 61.9 Å². The number of β-amino-alcohol motifs (C(OH)–C–C–N with tert-alkyl or cyclic N) is 1. The van der Waals surface area contributed by atoms with E-state index in [2.05, 4.69) is 4.90 Å². The Labute approximate surface area is 209 Å². The van der Waals surface area contributed by atoms with Gasteiger partial charge < -0.3 is 14.7 Å². The fourth-order valence-corrected chi connectivity index (χ4v) is 4.62. The Hall–Kier alpha value is -2.91. The first-order chi connectivity index (χ1) is 16.8. The molecular weight excluding hydrogens is 470 g/mol. The Bertz CT molecular complexity index is 1210. The predicted octanol–water partition coefficient (Wildman–Crippen LogP) is 3.30. The molecule has 1 aliphatic rings. The Balaban J connectivity index is 1.57. The number of aliphatic hydroxyl groups is 1. The van der Waals surface area contributed by atoms with E-state index in [9.17, 15) is 14.7 Å². The molecule has 0 amide bonds. The molecule has 4 rings (SSSR count). The number of carbonyl (C=O) groups excluding carboxylic acids is 2. The van der Waals surface area contributed by atoms with Crippen LogP contribution in [0.1, 0.15) is 28.5 Å². The quantitative estimate of drug-likeness (QED) is 0.534. The number of methoxy groups -OCH3 is 1. The summed E-state index contributed by atoms with van der Waals surface area (Å²) in [4.78, 5) is 34.1. The van der Waals surface area contributed by atoms with Gasteiger partial charge in [0.2, 0.25) is 0 Å². The second-order valence-electron chi connectivity index (χ2n) is 8.81. The molecule has 1 unspecified atom stereocenters. The second kappa shape index (κ2) is 10.8. The normalized spacial score (nSPS) is 15.8. The van der Waals surface area contributed by atoms with Gasteiger partial charge in [-0.1, -0.05) is 11.6 Å². The zero-order chi connectivity index (χ0) is 25.1. The van der Waals surface area contributed by atoms with E-state index in [-0.39, 0.29) is 12.3 Å². The van der Waals surface area contributed by atoms with E-state index in [4.69, 9.17) is 21.2 Å². The maximum absolute atomic E-state index is 13.4. The number of rotatable bonds is 7. The molecule has 9 heteroatoms. The zero-order valence-corrected chi connectivity index (χ0v) is 20.9. The molecule has 2 aromatic carbocycles. The summed E-state index contributed by atoms with van der Waals surface area (Å²) in [7, 11) is 1.58. The van der Waals surface area contributed by atoms with Crippen molar-refractivity contribution in [1.29, 1.82) is 0 Å². The van der Waals surface area contributed by atoms with Crippen LogP contribution < -0.4 is 4.74 Å².